The van der Waals surface area contributed by atoms with Crippen molar-refractivity contribution in [2.45, 2.75) is 44.7 Å². The zero-order valence-electron chi connectivity index (χ0n) is 10.8. The molecular formula is C12H25N3O. The van der Waals surface area contributed by atoms with Crippen molar-refractivity contribution in [2.24, 2.45) is 5.73 Å². The van der Waals surface area contributed by atoms with Gasteiger partial charge in [-0.3, -0.25) is 4.79 Å². The fraction of sp³-hybridized carbons (Fsp3) is 0.917. The van der Waals surface area contributed by atoms with Crippen LogP contribution in [0.3, 0.4) is 0 Å². The number of likely N-dealkylation sites (tertiary alicyclic amines) is 1. The van der Waals surface area contributed by atoms with Gasteiger partial charge in [0.25, 0.3) is 0 Å². The molecule has 0 saturated carbocycles. The molecule has 1 fully saturated rings. The molecule has 16 heavy (non-hydrogen) atoms. The molecule has 1 rings (SSSR count). The van der Waals surface area contributed by atoms with Crippen molar-refractivity contribution >= 4 is 5.91 Å². The highest BCUT2D eigenvalue weighted by Gasteiger charge is 2.26. The zero-order chi connectivity index (χ0) is 12.1. The third kappa shape index (κ3) is 3.46. The van der Waals surface area contributed by atoms with Crippen molar-refractivity contribution < 1.29 is 4.79 Å². The fourth-order valence-electron chi connectivity index (χ4n) is 2.27. The minimum Gasteiger partial charge on any atom is -0.341 e. The van der Waals surface area contributed by atoms with Gasteiger partial charge in [-0.05, 0) is 33.4 Å². The van der Waals surface area contributed by atoms with Gasteiger partial charge in [0.2, 0.25) is 5.91 Å². The SMILES string of the molecule is CCCC(N)C(=O)N1CCC(N(C)C)CC1. The number of carbonyl (C=O) groups is 1. The average Bonchev–Trinajstić information content (AvgIpc) is 2.28. The average molecular weight is 227 g/mol. The Morgan fingerprint density at radius 1 is 1.44 bits per heavy atom. The van der Waals surface area contributed by atoms with E-state index in [0.29, 0.717) is 6.04 Å². The van der Waals surface area contributed by atoms with Gasteiger partial charge in [-0.15, -0.1) is 0 Å². The van der Waals surface area contributed by atoms with Gasteiger partial charge in [0, 0.05) is 19.1 Å². The lowest BCUT2D eigenvalue weighted by Gasteiger charge is -2.36. The van der Waals surface area contributed by atoms with Crippen molar-refractivity contribution in [2.75, 3.05) is 27.2 Å². The van der Waals surface area contributed by atoms with E-state index >= 15 is 0 Å². The first-order valence-corrected chi connectivity index (χ1v) is 6.27. The molecule has 0 aromatic heterocycles. The Labute approximate surface area is 98.8 Å². The summed E-state index contributed by atoms with van der Waals surface area (Å²) in [6.07, 6.45) is 3.91. The summed E-state index contributed by atoms with van der Waals surface area (Å²) in [5.74, 6) is 0.138. The summed E-state index contributed by atoms with van der Waals surface area (Å²) >= 11 is 0. The van der Waals surface area contributed by atoms with E-state index in [1.54, 1.807) is 0 Å². The largest absolute Gasteiger partial charge is 0.341 e. The molecule has 0 bridgehead atoms. The predicted molar refractivity (Wildman–Crippen MR) is 66.2 cm³/mol. The summed E-state index contributed by atoms with van der Waals surface area (Å²) in [5.41, 5.74) is 5.85. The standard InChI is InChI=1S/C12H25N3O/c1-4-5-11(13)12(16)15-8-6-10(7-9-15)14(2)3/h10-11H,4-9,13H2,1-3H3. The van der Waals surface area contributed by atoms with Crippen LogP contribution in [0.25, 0.3) is 0 Å². The molecule has 0 radical (unpaired) electrons. The third-order valence-electron chi connectivity index (χ3n) is 3.42. The normalized spacial score (nSPS) is 20.2. The van der Waals surface area contributed by atoms with Crippen molar-refractivity contribution in [1.82, 2.24) is 9.80 Å². The van der Waals surface area contributed by atoms with E-state index in [0.717, 1.165) is 38.8 Å². The Hall–Kier alpha value is -0.610. The van der Waals surface area contributed by atoms with E-state index in [2.05, 4.69) is 25.9 Å². The van der Waals surface area contributed by atoms with Gasteiger partial charge in [0.05, 0.1) is 6.04 Å². The number of nitrogens with zero attached hydrogens (tertiary/aromatic N) is 2. The van der Waals surface area contributed by atoms with E-state index in [-0.39, 0.29) is 11.9 Å². The lowest BCUT2D eigenvalue weighted by atomic mass is 10.0. The Morgan fingerprint density at radius 2 is 2.00 bits per heavy atom. The molecule has 94 valence electrons. The van der Waals surface area contributed by atoms with Crippen LogP contribution in [0.4, 0.5) is 0 Å². The maximum Gasteiger partial charge on any atom is 0.239 e. The Morgan fingerprint density at radius 3 is 2.44 bits per heavy atom. The van der Waals surface area contributed by atoms with Crippen LogP contribution in [-0.4, -0.2) is 55.0 Å². The van der Waals surface area contributed by atoms with Gasteiger partial charge in [0.15, 0.2) is 0 Å². The second-order valence-electron chi connectivity index (χ2n) is 4.92. The molecule has 0 spiro atoms. The van der Waals surface area contributed by atoms with Crippen LogP contribution >= 0.6 is 0 Å². The zero-order valence-corrected chi connectivity index (χ0v) is 10.8. The van der Waals surface area contributed by atoms with E-state index in [4.69, 9.17) is 5.73 Å². The Kier molecular flexibility index (Phi) is 5.22. The summed E-state index contributed by atoms with van der Waals surface area (Å²) in [6.45, 7) is 3.78. The van der Waals surface area contributed by atoms with E-state index in [9.17, 15) is 4.79 Å². The number of carbonyl (C=O) groups excluding carboxylic acids is 1. The summed E-state index contributed by atoms with van der Waals surface area (Å²) in [7, 11) is 4.20. The van der Waals surface area contributed by atoms with Crippen LogP contribution in [0.5, 0.6) is 0 Å². The number of rotatable bonds is 4. The molecule has 1 atom stereocenters. The number of hydrogen-bond donors (Lipinski definition) is 1. The maximum atomic E-state index is 12.0. The summed E-state index contributed by atoms with van der Waals surface area (Å²) in [6, 6.07) is 0.326. The summed E-state index contributed by atoms with van der Waals surface area (Å²) < 4.78 is 0. The van der Waals surface area contributed by atoms with Crippen LogP contribution in [-0.2, 0) is 4.79 Å². The number of piperidine rings is 1. The summed E-state index contributed by atoms with van der Waals surface area (Å²) in [5, 5.41) is 0. The van der Waals surface area contributed by atoms with Crippen molar-refractivity contribution in [1.29, 1.82) is 0 Å². The topological polar surface area (TPSA) is 49.6 Å². The van der Waals surface area contributed by atoms with Gasteiger partial charge in [-0.25, -0.2) is 0 Å². The lowest BCUT2D eigenvalue weighted by Crippen LogP contribution is -2.49. The monoisotopic (exact) mass is 227 g/mol. The van der Waals surface area contributed by atoms with Crippen LogP contribution in [0.1, 0.15) is 32.6 Å². The Balaban J connectivity index is 2.38. The molecule has 1 saturated heterocycles. The van der Waals surface area contributed by atoms with Crippen LogP contribution in [0.15, 0.2) is 0 Å². The van der Waals surface area contributed by atoms with Crippen molar-refractivity contribution in [3.05, 3.63) is 0 Å². The van der Waals surface area contributed by atoms with Crippen LogP contribution in [0.2, 0.25) is 0 Å². The number of amides is 1. The molecule has 1 unspecified atom stereocenters. The molecular weight excluding hydrogens is 202 g/mol. The molecule has 1 heterocycles. The second kappa shape index (κ2) is 6.21. The third-order valence-corrected chi connectivity index (χ3v) is 3.42. The highest BCUT2D eigenvalue weighted by molar-refractivity contribution is 5.81. The molecule has 0 aromatic rings. The molecule has 0 aromatic carbocycles. The van der Waals surface area contributed by atoms with Gasteiger partial charge in [-0.1, -0.05) is 13.3 Å². The lowest BCUT2D eigenvalue weighted by molar-refractivity contribution is -0.134. The van der Waals surface area contributed by atoms with Gasteiger partial charge in [-0.2, -0.15) is 0 Å². The van der Waals surface area contributed by atoms with E-state index in [1.165, 1.54) is 0 Å². The van der Waals surface area contributed by atoms with Crippen molar-refractivity contribution in [3.63, 3.8) is 0 Å². The fourth-order valence-corrected chi connectivity index (χ4v) is 2.27. The molecule has 1 amide bonds. The minimum atomic E-state index is -0.291. The number of hydrogen-bond acceptors (Lipinski definition) is 3. The van der Waals surface area contributed by atoms with Crippen LogP contribution < -0.4 is 5.73 Å². The summed E-state index contributed by atoms with van der Waals surface area (Å²) in [4.78, 5) is 16.1. The molecule has 4 heteroatoms. The number of nitrogens with two attached hydrogens (primary N) is 1. The van der Waals surface area contributed by atoms with Crippen molar-refractivity contribution in [3.8, 4) is 0 Å². The smallest absolute Gasteiger partial charge is 0.239 e. The molecule has 4 nitrogen and oxygen atoms in total. The first kappa shape index (κ1) is 13.5. The van der Waals surface area contributed by atoms with E-state index in [1.807, 2.05) is 4.90 Å². The second-order valence-corrected chi connectivity index (χ2v) is 4.92. The quantitative estimate of drug-likeness (QED) is 0.768. The van der Waals surface area contributed by atoms with Gasteiger partial charge < -0.3 is 15.5 Å². The van der Waals surface area contributed by atoms with Gasteiger partial charge >= 0.3 is 0 Å². The van der Waals surface area contributed by atoms with Gasteiger partial charge in [0.1, 0.15) is 0 Å². The maximum absolute atomic E-state index is 12.0. The first-order valence-electron chi connectivity index (χ1n) is 6.27. The Bertz CT molecular complexity index is 222. The molecule has 2 N–H and O–H groups in total. The van der Waals surface area contributed by atoms with Crippen LogP contribution in [0, 0.1) is 0 Å². The van der Waals surface area contributed by atoms with E-state index < -0.39 is 0 Å². The minimum absolute atomic E-state index is 0.138. The molecule has 1 aliphatic heterocycles. The molecule has 1 aliphatic rings. The highest BCUT2D eigenvalue weighted by atomic mass is 16.2. The molecule has 0 aliphatic carbocycles. The predicted octanol–water partition coefficient (Wildman–Crippen LogP) is 0.666. The first-order chi connectivity index (χ1) is 7.56. The highest BCUT2D eigenvalue weighted by Crippen LogP contribution is 2.15.